The molecule has 0 saturated heterocycles. The summed E-state index contributed by atoms with van der Waals surface area (Å²) in [6, 6.07) is 0. The minimum atomic E-state index is -1.64. The Bertz CT molecular complexity index is 1670. The van der Waals surface area contributed by atoms with E-state index < -0.39 is 24.3 Å². The van der Waals surface area contributed by atoms with Gasteiger partial charge in [-0.3, -0.25) is 9.59 Å². The maximum atomic E-state index is 12.9. The monoisotopic (exact) mass is 1070 g/mol. The molecule has 0 aliphatic carbocycles. The van der Waals surface area contributed by atoms with Crippen LogP contribution < -0.4 is 5.11 Å². The van der Waals surface area contributed by atoms with E-state index in [1.54, 1.807) is 0 Å². The predicted molar refractivity (Wildman–Crippen MR) is 324 cm³/mol. The Morgan fingerprint density at radius 2 is 0.740 bits per heavy atom. The highest BCUT2D eigenvalue weighted by atomic mass is 16.7. The van der Waals surface area contributed by atoms with Crippen molar-refractivity contribution in [3.8, 4) is 0 Å². The van der Waals surface area contributed by atoms with Gasteiger partial charge >= 0.3 is 11.9 Å². The smallest absolute Gasteiger partial charge is 0.306 e. The topological polar surface area (TPSA) is 111 Å². The Morgan fingerprint density at radius 3 is 1.10 bits per heavy atom. The van der Waals surface area contributed by atoms with Crippen LogP contribution >= 0.6 is 0 Å². The quantitative estimate of drug-likeness (QED) is 0.0195. The summed E-state index contributed by atoms with van der Waals surface area (Å²) in [7, 11) is 5.90. The van der Waals surface area contributed by atoms with Crippen molar-refractivity contribution in [1.82, 2.24) is 0 Å². The van der Waals surface area contributed by atoms with E-state index in [1.165, 1.54) is 103 Å². The molecule has 0 aliphatic heterocycles. The van der Waals surface area contributed by atoms with E-state index >= 15 is 0 Å². The molecule has 0 aromatic heterocycles. The number of allylic oxidation sites excluding steroid dienone is 20. The number of likely N-dealkylation sites (N-methyl/N-ethyl adjacent to an activating group) is 1. The highest BCUT2D eigenvalue weighted by Crippen LogP contribution is 2.16. The molecular formula is C68H113NO8. The molecule has 77 heavy (non-hydrogen) atoms. The largest absolute Gasteiger partial charge is 0.545 e. The zero-order valence-electron chi connectivity index (χ0n) is 49.8. The summed E-state index contributed by atoms with van der Waals surface area (Å²) in [6.45, 7) is 4.59. The number of quaternary nitrogens is 1. The van der Waals surface area contributed by atoms with E-state index in [-0.39, 0.29) is 38.6 Å². The van der Waals surface area contributed by atoms with Gasteiger partial charge in [0, 0.05) is 12.8 Å². The van der Waals surface area contributed by atoms with Gasteiger partial charge in [0.2, 0.25) is 0 Å². The summed E-state index contributed by atoms with van der Waals surface area (Å²) in [5, 5.41) is 11.8. The molecule has 9 nitrogen and oxygen atoms in total. The van der Waals surface area contributed by atoms with Gasteiger partial charge < -0.3 is 33.3 Å². The average Bonchev–Trinajstić information content (AvgIpc) is 3.40. The second-order valence-corrected chi connectivity index (χ2v) is 21.3. The molecule has 0 amide bonds. The van der Waals surface area contributed by atoms with Crippen molar-refractivity contribution in [3.05, 3.63) is 122 Å². The van der Waals surface area contributed by atoms with Gasteiger partial charge in [-0.05, 0) is 89.9 Å². The fourth-order valence-corrected chi connectivity index (χ4v) is 8.03. The number of unbranched alkanes of at least 4 members (excludes halogenated alkanes) is 20. The van der Waals surface area contributed by atoms with E-state index in [2.05, 4.69) is 135 Å². The normalized spacial score (nSPS) is 13.6. The lowest BCUT2D eigenvalue weighted by molar-refractivity contribution is -0.870. The van der Waals surface area contributed by atoms with Crippen LogP contribution in [0.4, 0.5) is 0 Å². The first-order valence-electron chi connectivity index (χ1n) is 30.7. The van der Waals surface area contributed by atoms with Crippen molar-refractivity contribution in [3.63, 3.8) is 0 Å². The average molecular weight is 1070 g/mol. The Balaban J connectivity index is 4.34. The first-order valence-corrected chi connectivity index (χ1v) is 30.7. The third-order valence-electron chi connectivity index (χ3n) is 12.7. The van der Waals surface area contributed by atoms with E-state index in [9.17, 15) is 19.5 Å². The maximum Gasteiger partial charge on any atom is 0.306 e. The minimum absolute atomic E-state index is 0.134. The molecule has 0 fully saturated rings. The predicted octanol–water partition coefficient (Wildman–Crippen LogP) is 17.1. The number of esters is 2. The lowest BCUT2D eigenvalue weighted by atomic mass is 10.0. The molecule has 438 valence electrons. The molecule has 0 radical (unpaired) electrons. The summed E-state index contributed by atoms with van der Waals surface area (Å²) in [4.78, 5) is 37.3. The van der Waals surface area contributed by atoms with Crippen LogP contribution in [-0.4, -0.2) is 82.3 Å². The van der Waals surface area contributed by atoms with Gasteiger partial charge in [0.15, 0.2) is 12.4 Å². The van der Waals surface area contributed by atoms with Crippen LogP contribution in [0.25, 0.3) is 0 Å². The van der Waals surface area contributed by atoms with Gasteiger partial charge in [0.25, 0.3) is 0 Å². The highest BCUT2D eigenvalue weighted by Gasteiger charge is 2.22. The molecule has 9 heteroatoms. The molecule has 0 aromatic rings. The van der Waals surface area contributed by atoms with Gasteiger partial charge in [-0.2, -0.15) is 0 Å². The Morgan fingerprint density at radius 1 is 0.403 bits per heavy atom. The van der Waals surface area contributed by atoms with Gasteiger partial charge in [-0.1, -0.05) is 251 Å². The Kier molecular flexibility index (Phi) is 54.6. The maximum absolute atomic E-state index is 12.9. The highest BCUT2D eigenvalue weighted by molar-refractivity contribution is 5.70. The van der Waals surface area contributed by atoms with Gasteiger partial charge in [-0.15, -0.1) is 0 Å². The molecule has 0 spiro atoms. The number of hydrogen-bond acceptors (Lipinski definition) is 8. The van der Waals surface area contributed by atoms with Gasteiger partial charge in [-0.25, -0.2) is 0 Å². The number of carboxylic acid groups (broad SMARTS) is 1. The summed E-state index contributed by atoms with van der Waals surface area (Å²) >= 11 is 0. The third kappa shape index (κ3) is 59.2. The molecule has 0 aliphatic rings. The molecule has 2 atom stereocenters. The number of aliphatic carboxylic acids is 1. The van der Waals surface area contributed by atoms with Crippen LogP contribution in [-0.2, 0) is 33.3 Å². The molecule has 0 heterocycles. The van der Waals surface area contributed by atoms with Crippen molar-refractivity contribution in [2.24, 2.45) is 0 Å². The van der Waals surface area contributed by atoms with Crippen molar-refractivity contribution in [2.45, 2.75) is 245 Å². The lowest BCUT2D eigenvalue weighted by Crippen LogP contribution is -2.44. The van der Waals surface area contributed by atoms with E-state index in [4.69, 9.17) is 18.9 Å². The van der Waals surface area contributed by atoms with E-state index in [0.717, 1.165) is 96.3 Å². The zero-order chi connectivity index (χ0) is 56.2. The number of carboxylic acids is 1. The number of ether oxygens (including phenoxy) is 4. The van der Waals surface area contributed by atoms with Crippen molar-refractivity contribution in [2.75, 3.05) is 47.5 Å². The number of carbonyl (C=O) groups excluding carboxylic acids is 3. The molecule has 0 saturated carbocycles. The standard InChI is InChI=1S/C68H113NO8/c1-6-8-10-12-14-16-18-20-22-24-26-27-28-29-30-31-32-33-34-35-36-37-38-39-41-43-45-47-49-51-53-55-57-59-66(71)77-64(63-76-68(67(72)73)74-61-60-69(3,4)5)62-75-65(70)58-56-54-52-50-48-46-44-42-40-25-23-21-19-17-15-13-11-9-7-2/h8,10,14,16,20,22,26-27,29-30,32-33,35-36,38-39,43,45,49,51,64,68H,6-7,9,11-13,15,17-19,21,23-25,28,31,34,37,40-42,44,46-48,50,52-63H2,1-5H3/b10-8-,16-14-,22-20-,27-26-,30-29-,33-32-,36-35-,39-38-,45-43-,51-49-. The molecule has 0 rings (SSSR count). The van der Waals surface area contributed by atoms with Crippen molar-refractivity contribution >= 4 is 17.9 Å². The second kappa shape index (κ2) is 57.9. The van der Waals surface area contributed by atoms with Crippen LogP contribution in [0.3, 0.4) is 0 Å². The van der Waals surface area contributed by atoms with Crippen molar-refractivity contribution in [1.29, 1.82) is 0 Å². The van der Waals surface area contributed by atoms with Gasteiger partial charge in [0.1, 0.15) is 13.2 Å². The molecule has 0 aromatic carbocycles. The van der Waals surface area contributed by atoms with Crippen molar-refractivity contribution < 1.29 is 42.9 Å². The summed E-state index contributed by atoms with van der Waals surface area (Å²) in [6.07, 6.45) is 78.3. The minimum Gasteiger partial charge on any atom is -0.545 e. The zero-order valence-corrected chi connectivity index (χ0v) is 49.8. The van der Waals surface area contributed by atoms with Crippen LogP contribution in [0.5, 0.6) is 0 Å². The number of carbonyl (C=O) groups is 3. The SMILES string of the molecule is CC/C=C\C/C=C\C/C=C\C/C=C\C/C=C\C/C=C\C/C=C\C/C=C\C/C=C\C/C=C\CCCCC(=O)OC(COC(=O)CCCCCCCCCCCCCCCCCCCCC)COC(OCC[N+](C)(C)C)C(=O)[O-]. The summed E-state index contributed by atoms with van der Waals surface area (Å²) in [5.41, 5.74) is 0. The summed E-state index contributed by atoms with van der Waals surface area (Å²) in [5.74, 6) is -2.35. The number of nitrogens with zero attached hydrogens (tertiary/aromatic N) is 1. The van der Waals surface area contributed by atoms with E-state index in [0.29, 0.717) is 17.4 Å². The third-order valence-corrected chi connectivity index (χ3v) is 12.7. The number of hydrogen-bond donors (Lipinski definition) is 0. The molecule has 0 N–H and O–H groups in total. The second-order valence-electron chi connectivity index (χ2n) is 21.3. The van der Waals surface area contributed by atoms with Crippen LogP contribution in [0.2, 0.25) is 0 Å². The molecular weight excluding hydrogens is 959 g/mol. The fourth-order valence-electron chi connectivity index (χ4n) is 8.03. The Hall–Kier alpha value is -4.31. The first kappa shape index (κ1) is 72.7. The fraction of sp³-hybridized carbons (Fsp3) is 0.662. The molecule has 0 bridgehead atoms. The number of rotatable bonds is 55. The lowest BCUT2D eigenvalue weighted by Gasteiger charge is -2.26. The van der Waals surface area contributed by atoms with E-state index in [1.807, 2.05) is 21.1 Å². The first-order chi connectivity index (χ1) is 37.6. The Labute approximate surface area is 472 Å². The van der Waals surface area contributed by atoms with Gasteiger partial charge in [0.05, 0.1) is 40.3 Å². The van der Waals surface area contributed by atoms with Crippen LogP contribution in [0.15, 0.2) is 122 Å². The van der Waals surface area contributed by atoms with Crippen LogP contribution in [0, 0.1) is 0 Å². The summed E-state index contributed by atoms with van der Waals surface area (Å²) < 4.78 is 22.7. The van der Waals surface area contributed by atoms with Crippen LogP contribution in [0.1, 0.15) is 232 Å². The molecule has 2 unspecified atom stereocenters.